The third kappa shape index (κ3) is 1.99. The van der Waals surface area contributed by atoms with Crippen molar-refractivity contribution < 1.29 is 14.2 Å². The third-order valence-electron chi connectivity index (χ3n) is 4.40. The van der Waals surface area contributed by atoms with Crippen LogP contribution in [0, 0.1) is 5.92 Å². The second-order valence-electron chi connectivity index (χ2n) is 5.35. The molecule has 1 aromatic carbocycles. The summed E-state index contributed by atoms with van der Waals surface area (Å²) in [6, 6.07) is 6.25. The molecular formula is C15H21NO3. The second kappa shape index (κ2) is 5.02. The molecule has 1 unspecified atom stereocenters. The monoisotopic (exact) mass is 263 g/mol. The molecule has 0 saturated carbocycles. The molecule has 1 atom stereocenters. The molecule has 0 bridgehead atoms. The highest BCUT2D eigenvalue weighted by Crippen LogP contribution is 2.43. The van der Waals surface area contributed by atoms with E-state index < -0.39 is 0 Å². The minimum absolute atomic E-state index is 0.0549. The maximum absolute atomic E-state index is 5.94. The number of rotatable bonds is 4. The Labute approximate surface area is 113 Å². The Morgan fingerprint density at radius 2 is 1.95 bits per heavy atom. The van der Waals surface area contributed by atoms with Gasteiger partial charge < -0.3 is 19.9 Å². The van der Waals surface area contributed by atoms with Crippen molar-refractivity contribution in [1.82, 2.24) is 0 Å². The van der Waals surface area contributed by atoms with Crippen LogP contribution in [-0.4, -0.2) is 33.0 Å². The lowest BCUT2D eigenvalue weighted by atomic mass is 9.67. The van der Waals surface area contributed by atoms with Gasteiger partial charge in [0, 0.05) is 5.41 Å². The molecule has 104 valence electrons. The SMILES string of the molecule is CCC(CN)C1(c2ccc3c(c2)OCCO3)COC1. The van der Waals surface area contributed by atoms with Gasteiger partial charge in [0.25, 0.3) is 0 Å². The van der Waals surface area contributed by atoms with Crippen LogP contribution >= 0.6 is 0 Å². The molecule has 0 aromatic heterocycles. The molecular weight excluding hydrogens is 242 g/mol. The average molecular weight is 263 g/mol. The Morgan fingerprint density at radius 1 is 1.21 bits per heavy atom. The molecule has 2 aliphatic rings. The van der Waals surface area contributed by atoms with Gasteiger partial charge in [0.2, 0.25) is 0 Å². The lowest BCUT2D eigenvalue weighted by molar-refractivity contribution is -0.0899. The van der Waals surface area contributed by atoms with Gasteiger partial charge in [-0.3, -0.25) is 0 Å². The fourth-order valence-corrected chi connectivity index (χ4v) is 3.10. The predicted octanol–water partition coefficient (Wildman–Crippen LogP) is 1.71. The molecule has 0 spiro atoms. The molecule has 0 radical (unpaired) electrons. The standard InChI is InChI=1S/C15H21NO3/c1-2-11(8-16)15(9-17-10-15)12-3-4-13-14(7-12)19-6-5-18-13/h3-4,7,11H,2,5-6,8-10,16H2,1H3. The van der Waals surface area contributed by atoms with Crippen molar-refractivity contribution >= 4 is 0 Å². The van der Waals surface area contributed by atoms with Crippen LogP contribution in [0.2, 0.25) is 0 Å². The van der Waals surface area contributed by atoms with Gasteiger partial charge in [-0.2, -0.15) is 0 Å². The molecule has 0 aliphatic carbocycles. The molecule has 4 heteroatoms. The highest BCUT2D eigenvalue weighted by Gasteiger charge is 2.46. The van der Waals surface area contributed by atoms with Crippen molar-refractivity contribution in [3.8, 4) is 11.5 Å². The van der Waals surface area contributed by atoms with E-state index in [1.807, 2.05) is 6.07 Å². The Hall–Kier alpha value is -1.26. The van der Waals surface area contributed by atoms with Gasteiger partial charge in [-0.05, 0) is 30.2 Å². The lowest BCUT2D eigenvalue weighted by Crippen LogP contribution is -2.54. The van der Waals surface area contributed by atoms with E-state index in [9.17, 15) is 0 Å². The maximum Gasteiger partial charge on any atom is 0.161 e. The van der Waals surface area contributed by atoms with Crippen molar-refractivity contribution in [3.05, 3.63) is 23.8 Å². The summed E-state index contributed by atoms with van der Waals surface area (Å²) in [7, 11) is 0. The zero-order chi connectivity index (χ0) is 13.3. The predicted molar refractivity (Wildman–Crippen MR) is 72.8 cm³/mol. The number of fused-ring (bicyclic) bond motifs is 1. The summed E-state index contributed by atoms with van der Waals surface area (Å²) in [6.45, 7) is 5.63. The van der Waals surface area contributed by atoms with E-state index in [1.165, 1.54) is 5.56 Å². The van der Waals surface area contributed by atoms with Crippen molar-refractivity contribution in [1.29, 1.82) is 0 Å². The van der Waals surface area contributed by atoms with E-state index in [1.54, 1.807) is 0 Å². The zero-order valence-electron chi connectivity index (χ0n) is 11.4. The van der Waals surface area contributed by atoms with Crippen molar-refractivity contribution in [3.63, 3.8) is 0 Å². The number of hydrogen-bond donors (Lipinski definition) is 1. The minimum atomic E-state index is 0.0549. The third-order valence-corrected chi connectivity index (χ3v) is 4.40. The zero-order valence-corrected chi connectivity index (χ0v) is 11.4. The first-order valence-corrected chi connectivity index (χ1v) is 6.98. The van der Waals surface area contributed by atoms with Gasteiger partial charge in [-0.15, -0.1) is 0 Å². The molecule has 1 fully saturated rings. The quantitative estimate of drug-likeness (QED) is 0.898. The lowest BCUT2D eigenvalue weighted by Gasteiger charge is -2.47. The summed E-state index contributed by atoms with van der Waals surface area (Å²) >= 11 is 0. The number of benzene rings is 1. The van der Waals surface area contributed by atoms with E-state index in [2.05, 4.69) is 19.1 Å². The molecule has 0 amide bonds. The number of nitrogens with two attached hydrogens (primary N) is 1. The number of ether oxygens (including phenoxy) is 3. The van der Waals surface area contributed by atoms with Crippen molar-refractivity contribution in [2.45, 2.75) is 18.8 Å². The van der Waals surface area contributed by atoms with Gasteiger partial charge >= 0.3 is 0 Å². The summed E-state index contributed by atoms with van der Waals surface area (Å²) in [5.41, 5.74) is 7.26. The Bertz CT molecular complexity index is 453. The molecule has 4 nitrogen and oxygen atoms in total. The normalized spacial score (nSPS) is 21.6. The molecule has 2 aliphatic heterocycles. The number of hydrogen-bond acceptors (Lipinski definition) is 4. The van der Waals surface area contributed by atoms with E-state index in [0.717, 1.165) is 31.1 Å². The smallest absolute Gasteiger partial charge is 0.161 e. The average Bonchev–Trinajstić information content (AvgIpc) is 2.42. The molecule has 2 N–H and O–H groups in total. The highest BCUT2D eigenvalue weighted by atomic mass is 16.6. The van der Waals surface area contributed by atoms with Crippen LogP contribution in [0.1, 0.15) is 18.9 Å². The molecule has 3 rings (SSSR count). The summed E-state index contributed by atoms with van der Waals surface area (Å²) in [5, 5.41) is 0. The van der Waals surface area contributed by atoms with Crippen LogP contribution in [0.5, 0.6) is 11.5 Å². The molecule has 2 heterocycles. The maximum atomic E-state index is 5.94. The fourth-order valence-electron chi connectivity index (χ4n) is 3.10. The van der Waals surface area contributed by atoms with Gasteiger partial charge in [0.1, 0.15) is 13.2 Å². The first-order chi connectivity index (χ1) is 9.30. The van der Waals surface area contributed by atoms with Crippen LogP contribution in [0.15, 0.2) is 18.2 Å². The summed E-state index contributed by atoms with van der Waals surface area (Å²) < 4.78 is 16.7. The van der Waals surface area contributed by atoms with Crippen LogP contribution in [0.4, 0.5) is 0 Å². The van der Waals surface area contributed by atoms with Crippen molar-refractivity contribution in [2.24, 2.45) is 11.7 Å². The van der Waals surface area contributed by atoms with Crippen LogP contribution in [0.25, 0.3) is 0 Å². The fraction of sp³-hybridized carbons (Fsp3) is 0.600. The summed E-state index contributed by atoms with van der Waals surface area (Å²) in [6.07, 6.45) is 1.06. The van der Waals surface area contributed by atoms with E-state index in [4.69, 9.17) is 19.9 Å². The topological polar surface area (TPSA) is 53.7 Å². The van der Waals surface area contributed by atoms with Crippen LogP contribution in [0.3, 0.4) is 0 Å². The first-order valence-electron chi connectivity index (χ1n) is 6.98. The van der Waals surface area contributed by atoms with E-state index in [0.29, 0.717) is 25.7 Å². The largest absolute Gasteiger partial charge is 0.486 e. The van der Waals surface area contributed by atoms with E-state index in [-0.39, 0.29) is 5.41 Å². The van der Waals surface area contributed by atoms with Gasteiger partial charge in [-0.1, -0.05) is 19.4 Å². The highest BCUT2D eigenvalue weighted by molar-refractivity contribution is 5.47. The Balaban J connectivity index is 1.95. The molecule has 1 saturated heterocycles. The Morgan fingerprint density at radius 3 is 2.53 bits per heavy atom. The van der Waals surface area contributed by atoms with Gasteiger partial charge in [0.05, 0.1) is 13.2 Å². The van der Waals surface area contributed by atoms with Gasteiger partial charge in [-0.25, -0.2) is 0 Å². The summed E-state index contributed by atoms with van der Waals surface area (Å²) in [5.74, 6) is 2.14. The summed E-state index contributed by atoms with van der Waals surface area (Å²) in [4.78, 5) is 0. The van der Waals surface area contributed by atoms with Gasteiger partial charge in [0.15, 0.2) is 11.5 Å². The van der Waals surface area contributed by atoms with Crippen LogP contribution < -0.4 is 15.2 Å². The Kier molecular flexibility index (Phi) is 3.37. The molecule has 19 heavy (non-hydrogen) atoms. The van der Waals surface area contributed by atoms with Crippen LogP contribution in [-0.2, 0) is 10.2 Å². The first kappa shape index (κ1) is 12.8. The van der Waals surface area contributed by atoms with E-state index >= 15 is 0 Å². The van der Waals surface area contributed by atoms with Crippen molar-refractivity contribution in [2.75, 3.05) is 33.0 Å². The minimum Gasteiger partial charge on any atom is -0.486 e. The molecule has 1 aromatic rings. The second-order valence-corrected chi connectivity index (χ2v) is 5.35.